The Balaban J connectivity index is 2.15. The van der Waals surface area contributed by atoms with Gasteiger partial charge in [-0.25, -0.2) is 8.42 Å². The molecule has 0 aromatic heterocycles. The molecule has 2 aromatic carbocycles. The van der Waals surface area contributed by atoms with Crippen molar-refractivity contribution in [1.29, 1.82) is 0 Å². The quantitative estimate of drug-likeness (QED) is 0.861. The van der Waals surface area contributed by atoms with E-state index in [1.807, 2.05) is 31.2 Å². The summed E-state index contributed by atoms with van der Waals surface area (Å²) in [4.78, 5) is 0.128. The molecule has 22 heavy (non-hydrogen) atoms. The maximum Gasteiger partial charge on any atom is 0.268 e. The van der Waals surface area contributed by atoms with E-state index in [4.69, 9.17) is 16.3 Å². The van der Waals surface area contributed by atoms with Gasteiger partial charge in [0.25, 0.3) is 10.0 Å². The SMILES string of the molecule is COc1cc(Cl)ccc1S(=O)(=O)N1c2ccccc2CC1C. The lowest BCUT2D eigenvalue weighted by Gasteiger charge is -2.25. The van der Waals surface area contributed by atoms with Crippen molar-refractivity contribution in [2.75, 3.05) is 11.4 Å². The third kappa shape index (κ3) is 2.34. The molecule has 2 aromatic rings. The van der Waals surface area contributed by atoms with Crippen LogP contribution in [0.1, 0.15) is 12.5 Å². The minimum atomic E-state index is -3.71. The number of fused-ring (bicyclic) bond motifs is 1. The van der Waals surface area contributed by atoms with Crippen molar-refractivity contribution in [3.63, 3.8) is 0 Å². The molecule has 0 amide bonds. The van der Waals surface area contributed by atoms with E-state index in [0.717, 1.165) is 11.3 Å². The zero-order chi connectivity index (χ0) is 15.9. The Morgan fingerprint density at radius 3 is 2.68 bits per heavy atom. The van der Waals surface area contributed by atoms with Gasteiger partial charge in [0.1, 0.15) is 10.6 Å². The number of ether oxygens (including phenoxy) is 1. The molecule has 0 bridgehead atoms. The van der Waals surface area contributed by atoms with E-state index in [1.165, 1.54) is 23.5 Å². The van der Waals surface area contributed by atoms with Crippen LogP contribution >= 0.6 is 11.6 Å². The standard InChI is InChI=1S/C16H16ClNO3S/c1-11-9-12-5-3-4-6-14(12)18(11)22(19,20)16-8-7-13(17)10-15(16)21-2/h3-8,10-11H,9H2,1-2H3. The summed E-state index contributed by atoms with van der Waals surface area (Å²) in [7, 11) is -2.27. The summed E-state index contributed by atoms with van der Waals surface area (Å²) in [5.41, 5.74) is 1.76. The second kappa shape index (κ2) is 5.48. The number of benzene rings is 2. The molecule has 0 fully saturated rings. The first kappa shape index (κ1) is 15.2. The first-order valence-corrected chi connectivity index (χ1v) is 8.73. The number of anilines is 1. The average Bonchev–Trinajstić information content (AvgIpc) is 2.83. The van der Waals surface area contributed by atoms with Crippen molar-refractivity contribution in [2.45, 2.75) is 24.3 Å². The minimum absolute atomic E-state index is 0.128. The highest BCUT2D eigenvalue weighted by Crippen LogP contribution is 2.39. The molecule has 1 aliphatic rings. The van der Waals surface area contributed by atoms with Gasteiger partial charge in [-0.1, -0.05) is 29.8 Å². The number of sulfonamides is 1. The molecule has 0 spiro atoms. The largest absolute Gasteiger partial charge is 0.495 e. The molecule has 4 nitrogen and oxygen atoms in total. The summed E-state index contributed by atoms with van der Waals surface area (Å²) in [5.74, 6) is 0.254. The average molecular weight is 338 g/mol. The maximum atomic E-state index is 13.1. The number of hydrogen-bond donors (Lipinski definition) is 0. The van der Waals surface area contributed by atoms with E-state index >= 15 is 0 Å². The van der Waals surface area contributed by atoms with Gasteiger partial charge in [0, 0.05) is 17.1 Å². The third-order valence-electron chi connectivity index (χ3n) is 3.81. The Bertz CT molecular complexity index is 820. The van der Waals surface area contributed by atoms with Gasteiger partial charge in [0.2, 0.25) is 0 Å². The predicted molar refractivity (Wildman–Crippen MR) is 87.3 cm³/mol. The highest BCUT2D eigenvalue weighted by Gasteiger charge is 2.37. The smallest absolute Gasteiger partial charge is 0.268 e. The molecule has 1 aliphatic heterocycles. The van der Waals surface area contributed by atoms with E-state index in [0.29, 0.717) is 11.4 Å². The summed E-state index contributed by atoms with van der Waals surface area (Å²) in [6.45, 7) is 1.90. The number of rotatable bonds is 3. The second-order valence-corrected chi connectivity index (χ2v) is 7.50. The number of para-hydroxylation sites is 1. The monoisotopic (exact) mass is 337 g/mol. The van der Waals surface area contributed by atoms with Crippen molar-refractivity contribution in [2.24, 2.45) is 0 Å². The normalized spacial score (nSPS) is 17.4. The van der Waals surface area contributed by atoms with Crippen molar-refractivity contribution in [3.8, 4) is 5.75 Å². The zero-order valence-corrected chi connectivity index (χ0v) is 13.9. The van der Waals surface area contributed by atoms with Gasteiger partial charge in [0.05, 0.1) is 12.8 Å². The van der Waals surface area contributed by atoms with Crippen LogP contribution in [0.4, 0.5) is 5.69 Å². The molecule has 0 saturated carbocycles. The van der Waals surface area contributed by atoms with Gasteiger partial charge < -0.3 is 4.74 Å². The zero-order valence-electron chi connectivity index (χ0n) is 12.3. The first-order valence-electron chi connectivity index (χ1n) is 6.91. The van der Waals surface area contributed by atoms with Gasteiger partial charge >= 0.3 is 0 Å². The first-order chi connectivity index (χ1) is 10.4. The van der Waals surface area contributed by atoms with Crippen molar-refractivity contribution in [3.05, 3.63) is 53.1 Å². The van der Waals surface area contributed by atoms with E-state index in [1.54, 1.807) is 6.07 Å². The molecular formula is C16H16ClNO3S. The van der Waals surface area contributed by atoms with Crippen LogP contribution in [0.15, 0.2) is 47.4 Å². The lowest BCUT2D eigenvalue weighted by molar-refractivity contribution is 0.402. The number of halogens is 1. The molecule has 0 aliphatic carbocycles. The fraction of sp³-hybridized carbons (Fsp3) is 0.250. The van der Waals surface area contributed by atoms with Crippen molar-refractivity contribution in [1.82, 2.24) is 0 Å². The van der Waals surface area contributed by atoms with Crippen LogP contribution in [-0.4, -0.2) is 21.6 Å². The Kier molecular flexibility index (Phi) is 3.78. The van der Waals surface area contributed by atoms with Gasteiger partial charge in [0.15, 0.2) is 0 Å². The number of methoxy groups -OCH3 is 1. The van der Waals surface area contributed by atoms with E-state index in [-0.39, 0.29) is 16.7 Å². The Hall–Kier alpha value is -1.72. The van der Waals surface area contributed by atoms with Crippen LogP contribution in [0.2, 0.25) is 5.02 Å². The highest BCUT2D eigenvalue weighted by atomic mass is 35.5. The summed E-state index contributed by atoms with van der Waals surface area (Å²) < 4.78 is 32.9. The van der Waals surface area contributed by atoms with Crippen molar-refractivity contribution >= 4 is 27.3 Å². The molecule has 0 N–H and O–H groups in total. The van der Waals surface area contributed by atoms with Gasteiger partial charge in [-0.2, -0.15) is 0 Å². The van der Waals surface area contributed by atoms with Crippen LogP contribution in [0.3, 0.4) is 0 Å². The predicted octanol–water partition coefficient (Wildman–Crippen LogP) is 3.49. The summed E-state index contributed by atoms with van der Waals surface area (Å²) in [6.07, 6.45) is 0.700. The van der Waals surface area contributed by atoms with Crippen LogP contribution in [0.25, 0.3) is 0 Å². The second-order valence-electron chi connectivity index (χ2n) is 5.28. The molecule has 3 rings (SSSR count). The lowest BCUT2D eigenvalue weighted by Crippen LogP contribution is -2.35. The summed E-state index contributed by atoms with van der Waals surface area (Å²) >= 11 is 5.93. The Morgan fingerprint density at radius 1 is 1.23 bits per heavy atom. The molecule has 6 heteroatoms. The number of nitrogens with zero attached hydrogens (tertiary/aromatic N) is 1. The topological polar surface area (TPSA) is 46.6 Å². The van der Waals surface area contributed by atoms with Crippen molar-refractivity contribution < 1.29 is 13.2 Å². The van der Waals surface area contributed by atoms with Crippen LogP contribution in [0.5, 0.6) is 5.75 Å². The molecule has 116 valence electrons. The van der Waals surface area contributed by atoms with Crippen LogP contribution in [-0.2, 0) is 16.4 Å². The molecule has 0 saturated heterocycles. The van der Waals surface area contributed by atoms with E-state index in [9.17, 15) is 8.42 Å². The molecule has 1 unspecified atom stereocenters. The minimum Gasteiger partial charge on any atom is -0.495 e. The van der Waals surface area contributed by atoms with Gasteiger partial charge in [-0.05, 0) is 37.1 Å². The van der Waals surface area contributed by atoms with E-state index in [2.05, 4.69) is 0 Å². The summed E-state index contributed by atoms with van der Waals surface area (Å²) in [5, 5.41) is 0.436. The molecule has 0 radical (unpaired) electrons. The lowest BCUT2D eigenvalue weighted by atomic mass is 10.1. The fourth-order valence-corrected chi connectivity index (χ4v) is 4.86. The molecule has 1 heterocycles. The van der Waals surface area contributed by atoms with Gasteiger partial charge in [-0.15, -0.1) is 0 Å². The summed E-state index contributed by atoms with van der Waals surface area (Å²) in [6, 6.07) is 12.0. The Labute approximate surface area is 135 Å². The van der Waals surface area contributed by atoms with E-state index < -0.39 is 10.0 Å². The third-order valence-corrected chi connectivity index (χ3v) is 6.01. The van der Waals surface area contributed by atoms with Crippen LogP contribution in [0, 0.1) is 0 Å². The maximum absolute atomic E-state index is 13.1. The molecular weight excluding hydrogens is 322 g/mol. The number of hydrogen-bond acceptors (Lipinski definition) is 3. The Morgan fingerprint density at radius 2 is 1.95 bits per heavy atom. The highest BCUT2D eigenvalue weighted by molar-refractivity contribution is 7.93. The van der Waals surface area contributed by atoms with Gasteiger partial charge in [-0.3, -0.25) is 4.31 Å². The molecule has 1 atom stereocenters. The fourth-order valence-electron chi connectivity index (χ4n) is 2.86. The van der Waals surface area contributed by atoms with Crippen LogP contribution < -0.4 is 9.04 Å².